The van der Waals surface area contributed by atoms with Gasteiger partial charge in [0, 0.05) is 10.5 Å². The third-order valence-electron chi connectivity index (χ3n) is 4.10. The third-order valence-corrected chi connectivity index (χ3v) is 4.97. The lowest BCUT2D eigenvalue weighted by atomic mass is 10.0. The lowest BCUT2D eigenvalue weighted by Gasteiger charge is -2.05. The summed E-state index contributed by atoms with van der Waals surface area (Å²) in [5.74, 6) is 1.66. The molecule has 1 N–H and O–H groups in total. The van der Waals surface area contributed by atoms with Gasteiger partial charge in [-0.15, -0.1) is 16.9 Å². The summed E-state index contributed by atoms with van der Waals surface area (Å²) in [5.41, 5.74) is 2.95. The number of aromatic nitrogens is 2. The van der Waals surface area contributed by atoms with Crippen molar-refractivity contribution in [1.29, 1.82) is 0 Å². The zero-order chi connectivity index (χ0) is 19.2. The normalized spacial score (nSPS) is 11.0. The largest absolute Gasteiger partial charge is 0.407 e. The van der Waals surface area contributed by atoms with E-state index in [4.69, 9.17) is 4.42 Å². The lowest BCUT2D eigenvalue weighted by molar-refractivity contribution is 0.102. The molecule has 0 saturated heterocycles. The van der Waals surface area contributed by atoms with Crippen molar-refractivity contribution in [3.05, 3.63) is 71.1 Å². The number of amides is 1. The summed E-state index contributed by atoms with van der Waals surface area (Å²) < 4.78 is 5.58. The van der Waals surface area contributed by atoms with Crippen LogP contribution in [0.1, 0.15) is 54.1 Å². The first-order chi connectivity index (χ1) is 13.0. The zero-order valence-electron chi connectivity index (χ0n) is 15.7. The van der Waals surface area contributed by atoms with E-state index in [1.165, 1.54) is 5.56 Å². The molecule has 0 unspecified atom stereocenters. The highest BCUT2D eigenvalue weighted by atomic mass is 32.2. The number of hydrogen-bond acceptors (Lipinski definition) is 5. The number of nitrogens with one attached hydrogen (secondary N) is 1. The molecule has 5 nitrogen and oxygen atoms in total. The molecule has 0 radical (unpaired) electrons. The number of anilines is 1. The van der Waals surface area contributed by atoms with E-state index in [0.717, 1.165) is 16.2 Å². The van der Waals surface area contributed by atoms with Gasteiger partial charge in [-0.25, -0.2) is 0 Å². The summed E-state index contributed by atoms with van der Waals surface area (Å²) in [5, 5.41) is 10.6. The van der Waals surface area contributed by atoms with E-state index in [9.17, 15) is 4.79 Å². The van der Waals surface area contributed by atoms with E-state index in [1.807, 2.05) is 18.2 Å². The standard InChI is InChI=1S/C21H23N3O2S/c1-4-27-18-7-5-6-17(13-18)20(25)22-21-24-23-19(26-21)12-15-8-10-16(11-9-15)14(2)3/h5-11,13-14H,4,12H2,1-3H3,(H,22,24,25). The maximum absolute atomic E-state index is 12.4. The average molecular weight is 382 g/mol. The quantitative estimate of drug-likeness (QED) is 0.573. The van der Waals surface area contributed by atoms with Gasteiger partial charge in [-0.1, -0.05) is 56.2 Å². The Morgan fingerprint density at radius 1 is 1.15 bits per heavy atom. The van der Waals surface area contributed by atoms with E-state index < -0.39 is 0 Å². The molecule has 2 aromatic carbocycles. The Labute approximate surface area is 163 Å². The molecular weight excluding hydrogens is 358 g/mol. The Morgan fingerprint density at radius 3 is 2.63 bits per heavy atom. The van der Waals surface area contributed by atoms with Gasteiger partial charge in [0.1, 0.15) is 0 Å². The summed E-state index contributed by atoms with van der Waals surface area (Å²) in [6.45, 7) is 6.41. The van der Waals surface area contributed by atoms with Crippen LogP contribution in [0.3, 0.4) is 0 Å². The molecule has 3 aromatic rings. The first-order valence-corrected chi connectivity index (χ1v) is 9.99. The number of carbonyl (C=O) groups is 1. The lowest BCUT2D eigenvalue weighted by Crippen LogP contribution is -2.12. The SMILES string of the molecule is CCSc1cccc(C(=O)Nc2nnc(Cc3ccc(C(C)C)cc3)o2)c1. The summed E-state index contributed by atoms with van der Waals surface area (Å²) in [7, 11) is 0. The van der Waals surface area contributed by atoms with Crippen LogP contribution in [-0.2, 0) is 6.42 Å². The Hall–Kier alpha value is -2.60. The molecule has 0 aliphatic carbocycles. The van der Waals surface area contributed by atoms with E-state index >= 15 is 0 Å². The number of thioether (sulfide) groups is 1. The van der Waals surface area contributed by atoms with Gasteiger partial charge in [0.25, 0.3) is 5.91 Å². The van der Waals surface area contributed by atoms with Gasteiger partial charge < -0.3 is 4.42 Å². The Balaban J connectivity index is 1.63. The molecule has 6 heteroatoms. The van der Waals surface area contributed by atoms with Gasteiger partial charge in [-0.2, -0.15) is 0 Å². The molecule has 1 heterocycles. The van der Waals surface area contributed by atoms with Crippen molar-refractivity contribution in [2.45, 2.75) is 38.0 Å². The van der Waals surface area contributed by atoms with E-state index in [-0.39, 0.29) is 11.9 Å². The molecular formula is C21H23N3O2S. The van der Waals surface area contributed by atoms with Crippen LogP contribution < -0.4 is 5.32 Å². The van der Waals surface area contributed by atoms with E-state index in [2.05, 4.69) is 60.6 Å². The second kappa shape index (κ2) is 8.86. The number of nitrogens with zero attached hydrogens (tertiary/aromatic N) is 2. The highest BCUT2D eigenvalue weighted by Crippen LogP contribution is 2.20. The Morgan fingerprint density at radius 2 is 1.93 bits per heavy atom. The molecule has 0 aliphatic rings. The van der Waals surface area contributed by atoms with Crippen LogP contribution in [-0.4, -0.2) is 21.9 Å². The average Bonchev–Trinajstić information content (AvgIpc) is 3.09. The van der Waals surface area contributed by atoms with Crippen molar-refractivity contribution in [1.82, 2.24) is 10.2 Å². The maximum atomic E-state index is 12.4. The van der Waals surface area contributed by atoms with Crippen LogP contribution in [0.2, 0.25) is 0 Å². The fraction of sp³-hybridized carbons (Fsp3) is 0.286. The molecule has 1 amide bonds. The number of benzene rings is 2. The highest BCUT2D eigenvalue weighted by molar-refractivity contribution is 7.99. The summed E-state index contributed by atoms with van der Waals surface area (Å²) in [4.78, 5) is 13.4. The minimum Gasteiger partial charge on any atom is -0.407 e. The molecule has 0 saturated carbocycles. The maximum Gasteiger partial charge on any atom is 0.322 e. The number of hydrogen-bond donors (Lipinski definition) is 1. The van der Waals surface area contributed by atoms with E-state index in [0.29, 0.717) is 23.8 Å². The fourth-order valence-corrected chi connectivity index (χ4v) is 3.35. The number of rotatable bonds is 7. The molecule has 1 aromatic heterocycles. The molecule has 0 fully saturated rings. The number of carbonyl (C=O) groups excluding carboxylic acids is 1. The molecule has 0 bridgehead atoms. The predicted molar refractivity (Wildman–Crippen MR) is 108 cm³/mol. The van der Waals surface area contributed by atoms with Crippen molar-refractivity contribution in [2.24, 2.45) is 0 Å². The van der Waals surface area contributed by atoms with Gasteiger partial charge in [-0.05, 0) is 41.0 Å². The van der Waals surface area contributed by atoms with Crippen molar-refractivity contribution in [3.8, 4) is 0 Å². The second-order valence-electron chi connectivity index (χ2n) is 6.49. The minimum absolute atomic E-state index is 0.113. The highest BCUT2D eigenvalue weighted by Gasteiger charge is 2.12. The molecule has 0 spiro atoms. The van der Waals surface area contributed by atoms with Crippen molar-refractivity contribution in [2.75, 3.05) is 11.1 Å². The van der Waals surface area contributed by atoms with Crippen LogP contribution in [0.15, 0.2) is 57.8 Å². The second-order valence-corrected chi connectivity index (χ2v) is 7.83. The first-order valence-electron chi connectivity index (χ1n) is 9.00. The van der Waals surface area contributed by atoms with Crippen LogP contribution in [0, 0.1) is 0 Å². The van der Waals surface area contributed by atoms with Crippen molar-refractivity contribution >= 4 is 23.7 Å². The molecule has 0 aliphatic heterocycles. The molecule has 27 heavy (non-hydrogen) atoms. The van der Waals surface area contributed by atoms with Gasteiger partial charge >= 0.3 is 6.01 Å². The predicted octanol–water partition coefficient (Wildman–Crippen LogP) is 5.15. The van der Waals surface area contributed by atoms with E-state index in [1.54, 1.807) is 17.8 Å². The topological polar surface area (TPSA) is 68.0 Å². The molecule has 3 rings (SSSR count). The van der Waals surface area contributed by atoms with Gasteiger partial charge in [0.2, 0.25) is 5.89 Å². The summed E-state index contributed by atoms with van der Waals surface area (Å²) in [6, 6.07) is 15.9. The summed E-state index contributed by atoms with van der Waals surface area (Å²) in [6.07, 6.45) is 0.532. The fourth-order valence-electron chi connectivity index (χ4n) is 2.63. The van der Waals surface area contributed by atoms with Crippen molar-refractivity contribution in [3.63, 3.8) is 0 Å². The minimum atomic E-state index is -0.259. The molecule has 140 valence electrons. The Kier molecular flexibility index (Phi) is 6.29. The van der Waals surface area contributed by atoms with Crippen LogP contribution >= 0.6 is 11.8 Å². The molecule has 0 atom stereocenters. The smallest absolute Gasteiger partial charge is 0.322 e. The Bertz CT molecular complexity index is 904. The first kappa shape index (κ1) is 19.2. The van der Waals surface area contributed by atoms with Crippen LogP contribution in [0.4, 0.5) is 6.01 Å². The zero-order valence-corrected chi connectivity index (χ0v) is 16.5. The monoisotopic (exact) mass is 381 g/mol. The van der Waals surface area contributed by atoms with Crippen LogP contribution in [0.25, 0.3) is 0 Å². The third kappa shape index (κ3) is 5.20. The van der Waals surface area contributed by atoms with Crippen LogP contribution in [0.5, 0.6) is 0 Å². The summed E-state index contributed by atoms with van der Waals surface area (Å²) >= 11 is 1.69. The van der Waals surface area contributed by atoms with Gasteiger partial charge in [0.05, 0.1) is 6.42 Å². The van der Waals surface area contributed by atoms with Gasteiger partial charge in [-0.3, -0.25) is 10.1 Å². The van der Waals surface area contributed by atoms with Crippen molar-refractivity contribution < 1.29 is 9.21 Å². The van der Waals surface area contributed by atoms with Gasteiger partial charge in [0.15, 0.2) is 0 Å².